The van der Waals surface area contributed by atoms with Crippen LogP contribution in [0.25, 0.3) is 0 Å². The third kappa shape index (κ3) is 4.93. The Bertz CT molecular complexity index is 268. The minimum absolute atomic E-state index is 0.161. The highest BCUT2D eigenvalue weighted by molar-refractivity contribution is 5.16. The SMILES string of the molecule is CC[C@@H](C)CNCCc1ccc(F)cc1. The van der Waals surface area contributed by atoms with Gasteiger partial charge in [0.2, 0.25) is 0 Å². The van der Waals surface area contributed by atoms with Gasteiger partial charge in [-0.15, -0.1) is 0 Å². The first-order valence-electron chi connectivity index (χ1n) is 5.67. The summed E-state index contributed by atoms with van der Waals surface area (Å²) in [6.45, 7) is 6.48. The van der Waals surface area contributed by atoms with Crippen LogP contribution in [0, 0.1) is 11.7 Å². The fraction of sp³-hybridized carbons (Fsp3) is 0.538. The lowest BCUT2D eigenvalue weighted by molar-refractivity contribution is 0.502. The molecule has 0 radical (unpaired) electrons. The van der Waals surface area contributed by atoms with Crippen molar-refractivity contribution in [3.8, 4) is 0 Å². The summed E-state index contributed by atoms with van der Waals surface area (Å²) in [7, 11) is 0. The Labute approximate surface area is 91.7 Å². The van der Waals surface area contributed by atoms with Crippen LogP contribution < -0.4 is 5.32 Å². The van der Waals surface area contributed by atoms with Crippen molar-refractivity contribution in [2.75, 3.05) is 13.1 Å². The van der Waals surface area contributed by atoms with Gasteiger partial charge in [-0.05, 0) is 43.1 Å². The smallest absolute Gasteiger partial charge is 0.123 e. The molecule has 0 aliphatic carbocycles. The van der Waals surface area contributed by atoms with Crippen LogP contribution in [-0.4, -0.2) is 13.1 Å². The molecule has 1 nitrogen and oxygen atoms in total. The van der Waals surface area contributed by atoms with E-state index >= 15 is 0 Å². The molecule has 0 aromatic heterocycles. The second kappa shape index (κ2) is 6.57. The van der Waals surface area contributed by atoms with Crippen LogP contribution in [0.5, 0.6) is 0 Å². The third-order valence-corrected chi connectivity index (χ3v) is 2.69. The first-order valence-corrected chi connectivity index (χ1v) is 5.67. The van der Waals surface area contributed by atoms with Gasteiger partial charge in [-0.2, -0.15) is 0 Å². The molecular formula is C13H20FN. The molecule has 2 heteroatoms. The van der Waals surface area contributed by atoms with E-state index in [9.17, 15) is 4.39 Å². The molecule has 1 atom stereocenters. The van der Waals surface area contributed by atoms with E-state index in [1.54, 1.807) is 0 Å². The topological polar surface area (TPSA) is 12.0 Å². The van der Waals surface area contributed by atoms with E-state index in [1.165, 1.54) is 24.1 Å². The zero-order valence-corrected chi connectivity index (χ0v) is 9.59. The van der Waals surface area contributed by atoms with Gasteiger partial charge in [0.1, 0.15) is 5.82 Å². The van der Waals surface area contributed by atoms with E-state index in [2.05, 4.69) is 19.2 Å². The monoisotopic (exact) mass is 209 g/mol. The van der Waals surface area contributed by atoms with E-state index in [4.69, 9.17) is 0 Å². The Balaban J connectivity index is 2.17. The van der Waals surface area contributed by atoms with Gasteiger partial charge in [-0.1, -0.05) is 32.4 Å². The normalized spacial score (nSPS) is 12.7. The molecule has 0 spiro atoms. The predicted octanol–water partition coefficient (Wildman–Crippen LogP) is 3.00. The van der Waals surface area contributed by atoms with Crippen LogP contribution in [0.3, 0.4) is 0 Å². The predicted molar refractivity (Wildman–Crippen MR) is 62.4 cm³/mol. The van der Waals surface area contributed by atoms with Crippen LogP contribution in [0.2, 0.25) is 0 Å². The lowest BCUT2D eigenvalue weighted by Crippen LogP contribution is -2.23. The highest BCUT2D eigenvalue weighted by Crippen LogP contribution is 2.03. The summed E-state index contributed by atoms with van der Waals surface area (Å²) in [6.07, 6.45) is 2.18. The number of hydrogen-bond donors (Lipinski definition) is 1. The zero-order chi connectivity index (χ0) is 11.1. The largest absolute Gasteiger partial charge is 0.316 e. The molecule has 0 amide bonds. The molecule has 1 aromatic carbocycles. The maximum absolute atomic E-state index is 12.6. The number of nitrogens with one attached hydrogen (secondary N) is 1. The maximum Gasteiger partial charge on any atom is 0.123 e. The van der Waals surface area contributed by atoms with Crippen LogP contribution in [0.15, 0.2) is 24.3 Å². The van der Waals surface area contributed by atoms with Crippen molar-refractivity contribution in [1.29, 1.82) is 0 Å². The van der Waals surface area contributed by atoms with Gasteiger partial charge in [0, 0.05) is 0 Å². The first kappa shape index (κ1) is 12.2. The molecule has 0 aliphatic heterocycles. The van der Waals surface area contributed by atoms with Crippen LogP contribution >= 0.6 is 0 Å². The molecule has 1 aromatic rings. The van der Waals surface area contributed by atoms with Crippen molar-refractivity contribution < 1.29 is 4.39 Å². The molecule has 0 saturated heterocycles. The molecule has 15 heavy (non-hydrogen) atoms. The highest BCUT2D eigenvalue weighted by atomic mass is 19.1. The van der Waals surface area contributed by atoms with E-state index in [1.807, 2.05) is 12.1 Å². The maximum atomic E-state index is 12.6. The van der Waals surface area contributed by atoms with Crippen molar-refractivity contribution in [3.63, 3.8) is 0 Å². The van der Waals surface area contributed by atoms with Gasteiger partial charge < -0.3 is 5.32 Å². The standard InChI is InChI=1S/C13H20FN/c1-3-11(2)10-15-9-8-12-4-6-13(14)7-5-12/h4-7,11,15H,3,8-10H2,1-2H3/t11-/m1/s1. The number of rotatable bonds is 6. The van der Waals surface area contributed by atoms with E-state index in [-0.39, 0.29) is 5.82 Å². The fourth-order valence-electron chi connectivity index (χ4n) is 1.38. The number of hydrogen-bond acceptors (Lipinski definition) is 1. The van der Waals surface area contributed by atoms with Crippen LogP contribution in [0.1, 0.15) is 25.8 Å². The summed E-state index contributed by atoms with van der Waals surface area (Å²) in [5.41, 5.74) is 1.19. The second-order valence-corrected chi connectivity index (χ2v) is 4.09. The number of halogens is 1. The average molecular weight is 209 g/mol. The highest BCUT2D eigenvalue weighted by Gasteiger charge is 1.98. The van der Waals surface area contributed by atoms with E-state index < -0.39 is 0 Å². The summed E-state index contributed by atoms with van der Waals surface area (Å²) in [5, 5.41) is 3.41. The Morgan fingerprint density at radius 3 is 2.53 bits per heavy atom. The molecule has 0 unspecified atom stereocenters. The summed E-state index contributed by atoms with van der Waals surface area (Å²) in [6, 6.07) is 6.73. The Morgan fingerprint density at radius 1 is 1.27 bits per heavy atom. The summed E-state index contributed by atoms with van der Waals surface area (Å²) in [5.74, 6) is 0.574. The van der Waals surface area contributed by atoms with Crippen molar-refractivity contribution in [2.24, 2.45) is 5.92 Å². The lowest BCUT2D eigenvalue weighted by Gasteiger charge is -2.09. The number of benzene rings is 1. The third-order valence-electron chi connectivity index (χ3n) is 2.69. The van der Waals surface area contributed by atoms with Gasteiger partial charge in [0.25, 0.3) is 0 Å². The molecule has 0 saturated carbocycles. The summed E-state index contributed by atoms with van der Waals surface area (Å²) in [4.78, 5) is 0. The van der Waals surface area contributed by atoms with Crippen LogP contribution in [0.4, 0.5) is 4.39 Å². The quantitative estimate of drug-likeness (QED) is 0.710. The van der Waals surface area contributed by atoms with E-state index in [0.717, 1.165) is 25.4 Å². The molecular weight excluding hydrogens is 189 g/mol. The van der Waals surface area contributed by atoms with Crippen molar-refractivity contribution in [1.82, 2.24) is 5.32 Å². The molecule has 84 valence electrons. The average Bonchev–Trinajstić information content (AvgIpc) is 2.26. The Hall–Kier alpha value is -0.890. The van der Waals surface area contributed by atoms with Crippen LogP contribution in [-0.2, 0) is 6.42 Å². The molecule has 0 fully saturated rings. The first-order chi connectivity index (χ1) is 7.22. The minimum atomic E-state index is -0.161. The van der Waals surface area contributed by atoms with Gasteiger partial charge in [-0.3, -0.25) is 0 Å². The minimum Gasteiger partial charge on any atom is -0.316 e. The second-order valence-electron chi connectivity index (χ2n) is 4.09. The van der Waals surface area contributed by atoms with Crippen molar-refractivity contribution in [3.05, 3.63) is 35.6 Å². The van der Waals surface area contributed by atoms with Gasteiger partial charge in [0.05, 0.1) is 0 Å². The molecule has 1 N–H and O–H groups in total. The Kier molecular flexibility index (Phi) is 5.33. The summed E-state index contributed by atoms with van der Waals surface area (Å²) >= 11 is 0. The zero-order valence-electron chi connectivity index (χ0n) is 9.59. The molecule has 0 aliphatic rings. The lowest BCUT2D eigenvalue weighted by atomic mass is 10.1. The van der Waals surface area contributed by atoms with Crippen molar-refractivity contribution in [2.45, 2.75) is 26.7 Å². The van der Waals surface area contributed by atoms with E-state index in [0.29, 0.717) is 0 Å². The molecule has 1 rings (SSSR count). The van der Waals surface area contributed by atoms with Gasteiger partial charge in [0.15, 0.2) is 0 Å². The van der Waals surface area contributed by atoms with Gasteiger partial charge in [-0.25, -0.2) is 4.39 Å². The summed E-state index contributed by atoms with van der Waals surface area (Å²) < 4.78 is 12.6. The van der Waals surface area contributed by atoms with Gasteiger partial charge >= 0.3 is 0 Å². The van der Waals surface area contributed by atoms with Crippen molar-refractivity contribution >= 4 is 0 Å². The molecule has 0 bridgehead atoms. The Morgan fingerprint density at radius 2 is 1.93 bits per heavy atom. The molecule has 0 heterocycles. The fourth-order valence-corrected chi connectivity index (χ4v) is 1.38.